The normalized spacial score (nSPS) is 19.7. The third-order valence-corrected chi connectivity index (χ3v) is 4.59. The van der Waals surface area contributed by atoms with Crippen LogP contribution in [0.4, 0.5) is 13.6 Å². The van der Waals surface area contributed by atoms with E-state index in [9.17, 15) is 13.6 Å². The van der Waals surface area contributed by atoms with Gasteiger partial charge in [-0.15, -0.1) is 11.3 Å². The topological polar surface area (TPSA) is 45.2 Å². The summed E-state index contributed by atoms with van der Waals surface area (Å²) < 4.78 is 26.0. The number of alkyl halides is 2. The van der Waals surface area contributed by atoms with Crippen molar-refractivity contribution in [2.24, 2.45) is 0 Å². The number of nitrogens with one attached hydrogen (secondary N) is 1. The Morgan fingerprint density at radius 1 is 1.55 bits per heavy atom. The smallest absolute Gasteiger partial charge is 0.317 e. The second kappa shape index (κ2) is 6.03. The number of hydrogen-bond acceptors (Lipinski definition) is 3. The van der Waals surface area contributed by atoms with Crippen molar-refractivity contribution in [1.29, 1.82) is 0 Å². The number of rotatable bonds is 3. The van der Waals surface area contributed by atoms with Gasteiger partial charge in [0.25, 0.3) is 5.92 Å². The van der Waals surface area contributed by atoms with Crippen molar-refractivity contribution in [3.63, 3.8) is 0 Å². The van der Waals surface area contributed by atoms with Gasteiger partial charge in [-0.2, -0.15) is 0 Å². The number of aromatic nitrogens is 1. The van der Waals surface area contributed by atoms with E-state index < -0.39 is 5.92 Å². The quantitative estimate of drug-likeness (QED) is 0.933. The molecular formula is C13H19F2N3OS. The Morgan fingerprint density at radius 2 is 2.20 bits per heavy atom. The molecule has 0 aromatic carbocycles. The van der Waals surface area contributed by atoms with Crippen LogP contribution in [0.5, 0.6) is 0 Å². The van der Waals surface area contributed by atoms with E-state index in [2.05, 4.69) is 10.3 Å². The van der Waals surface area contributed by atoms with Crippen LogP contribution in [0.15, 0.2) is 5.38 Å². The predicted octanol–water partition coefficient (Wildman–Crippen LogP) is 3.00. The first-order valence-electron chi connectivity index (χ1n) is 6.70. The Bertz CT molecular complexity index is 468. The third-order valence-electron chi connectivity index (χ3n) is 3.40. The molecule has 1 aliphatic rings. The molecule has 2 amide bonds. The standard InChI is InChI=1S/C13H19F2N3OS/c1-9(11-17-10(2)8-20-11)7-16-12(19)18-5-3-13(14,15)4-6-18/h8-9H,3-7H2,1-2H3,(H,16,19)/t9-/m0/s1. The number of hydrogen-bond donors (Lipinski definition) is 1. The van der Waals surface area contributed by atoms with Gasteiger partial charge in [-0.25, -0.2) is 18.6 Å². The van der Waals surface area contributed by atoms with E-state index in [0.29, 0.717) is 6.54 Å². The van der Waals surface area contributed by atoms with Gasteiger partial charge in [-0.1, -0.05) is 6.92 Å². The fourth-order valence-corrected chi connectivity index (χ4v) is 2.93. The van der Waals surface area contributed by atoms with Gasteiger partial charge in [0.1, 0.15) is 0 Å². The second-order valence-corrected chi connectivity index (χ2v) is 6.15. The summed E-state index contributed by atoms with van der Waals surface area (Å²) in [6, 6.07) is -0.263. The first-order chi connectivity index (χ1) is 9.37. The van der Waals surface area contributed by atoms with Crippen LogP contribution in [0, 0.1) is 6.92 Å². The van der Waals surface area contributed by atoms with Gasteiger partial charge in [0.15, 0.2) is 0 Å². The molecule has 2 heterocycles. The molecule has 1 N–H and O–H groups in total. The third kappa shape index (κ3) is 3.88. The van der Waals surface area contributed by atoms with Gasteiger partial charge in [-0.05, 0) is 6.92 Å². The number of urea groups is 1. The average molecular weight is 303 g/mol. The minimum Gasteiger partial charge on any atom is -0.337 e. The van der Waals surface area contributed by atoms with Gasteiger partial charge in [0.05, 0.1) is 5.01 Å². The summed E-state index contributed by atoms with van der Waals surface area (Å²) in [6.07, 6.45) is -0.497. The minimum absolute atomic E-state index is 0.115. The molecule has 0 saturated carbocycles. The van der Waals surface area contributed by atoms with Crippen molar-refractivity contribution >= 4 is 17.4 Å². The molecule has 0 bridgehead atoms. The molecule has 7 heteroatoms. The number of thiazole rings is 1. The van der Waals surface area contributed by atoms with Gasteiger partial charge < -0.3 is 10.2 Å². The molecule has 112 valence electrons. The molecule has 1 aromatic heterocycles. The fraction of sp³-hybridized carbons (Fsp3) is 0.692. The summed E-state index contributed by atoms with van der Waals surface area (Å²) in [7, 11) is 0. The van der Waals surface area contributed by atoms with Crippen molar-refractivity contribution in [2.75, 3.05) is 19.6 Å². The van der Waals surface area contributed by atoms with E-state index in [1.165, 1.54) is 4.90 Å². The number of aryl methyl sites for hydroxylation is 1. The first-order valence-corrected chi connectivity index (χ1v) is 7.58. The molecule has 0 spiro atoms. The number of carbonyl (C=O) groups excluding carboxylic acids is 1. The summed E-state index contributed by atoms with van der Waals surface area (Å²) in [6.45, 7) is 4.62. The lowest BCUT2D eigenvalue weighted by atomic mass is 10.1. The van der Waals surface area contributed by atoms with Gasteiger partial charge in [0.2, 0.25) is 0 Å². The monoisotopic (exact) mass is 303 g/mol. The molecule has 0 radical (unpaired) electrons. The van der Waals surface area contributed by atoms with Crippen molar-refractivity contribution in [1.82, 2.24) is 15.2 Å². The minimum atomic E-state index is -2.62. The molecule has 1 aromatic rings. The number of nitrogens with zero attached hydrogens (tertiary/aromatic N) is 2. The van der Waals surface area contributed by atoms with Crippen LogP contribution in [0.3, 0.4) is 0 Å². The SMILES string of the molecule is Cc1csc([C@@H](C)CNC(=O)N2CCC(F)(F)CC2)n1. The van der Waals surface area contributed by atoms with E-state index in [1.807, 2.05) is 19.2 Å². The summed E-state index contributed by atoms with van der Waals surface area (Å²) in [5.41, 5.74) is 0.974. The van der Waals surface area contributed by atoms with Crippen LogP contribution in [0.25, 0.3) is 0 Å². The van der Waals surface area contributed by atoms with Gasteiger partial charge in [0, 0.05) is 49.5 Å². The highest BCUT2D eigenvalue weighted by molar-refractivity contribution is 7.09. The lowest BCUT2D eigenvalue weighted by Gasteiger charge is -2.31. The summed E-state index contributed by atoms with van der Waals surface area (Å²) >= 11 is 1.57. The van der Waals surface area contributed by atoms with E-state index >= 15 is 0 Å². The molecular weight excluding hydrogens is 284 g/mol. The van der Waals surface area contributed by atoms with Gasteiger partial charge in [-0.3, -0.25) is 0 Å². The maximum Gasteiger partial charge on any atom is 0.317 e. The molecule has 2 rings (SSSR count). The fourth-order valence-electron chi connectivity index (χ4n) is 2.07. The van der Waals surface area contributed by atoms with Crippen molar-refractivity contribution in [3.05, 3.63) is 16.1 Å². The Hall–Kier alpha value is -1.24. The number of carbonyl (C=O) groups is 1. The highest BCUT2D eigenvalue weighted by Gasteiger charge is 2.35. The molecule has 1 aliphatic heterocycles. The second-order valence-electron chi connectivity index (χ2n) is 5.26. The van der Waals surface area contributed by atoms with Crippen LogP contribution in [-0.4, -0.2) is 41.5 Å². The zero-order valence-corrected chi connectivity index (χ0v) is 12.5. The molecule has 0 aliphatic carbocycles. The van der Waals surface area contributed by atoms with Crippen LogP contribution in [0.2, 0.25) is 0 Å². The summed E-state index contributed by atoms with van der Waals surface area (Å²) in [5, 5.41) is 5.75. The maximum absolute atomic E-state index is 13.0. The predicted molar refractivity (Wildman–Crippen MR) is 74.4 cm³/mol. The molecule has 1 atom stereocenters. The number of halogens is 2. The van der Waals surface area contributed by atoms with Crippen LogP contribution >= 0.6 is 11.3 Å². The van der Waals surface area contributed by atoms with Crippen LogP contribution in [0.1, 0.15) is 36.4 Å². The number of amides is 2. The number of likely N-dealkylation sites (tertiary alicyclic amines) is 1. The Morgan fingerprint density at radius 3 is 2.75 bits per heavy atom. The Labute approximate surface area is 121 Å². The summed E-state index contributed by atoms with van der Waals surface area (Å²) in [4.78, 5) is 17.7. The Kier molecular flexibility index (Phi) is 4.57. The largest absolute Gasteiger partial charge is 0.337 e. The Balaban J connectivity index is 1.78. The van der Waals surface area contributed by atoms with Crippen LogP contribution in [-0.2, 0) is 0 Å². The highest BCUT2D eigenvalue weighted by atomic mass is 32.1. The molecule has 0 unspecified atom stereocenters. The van der Waals surface area contributed by atoms with E-state index in [0.717, 1.165) is 10.7 Å². The maximum atomic E-state index is 13.0. The molecule has 20 heavy (non-hydrogen) atoms. The average Bonchev–Trinajstić information content (AvgIpc) is 2.82. The lowest BCUT2D eigenvalue weighted by molar-refractivity contribution is -0.0469. The first kappa shape index (κ1) is 15.2. The zero-order chi connectivity index (χ0) is 14.8. The molecule has 1 fully saturated rings. The summed E-state index contributed by atoms with van der Waals surface area (Å²) in [5.74, 6) is -2.49. The van der Waals surface area contributed by atoms with Crippen molar-refractivity contribution in [3.8, 4) is 0 Å². The zero-order valence-electron chi connectivity index (χ0n) is 11.7. The molecule has 4 nitrogen and oxygen atoms in total. The van der Waals surface area contributed by atoms with E-state index in [4.69, 9.17) is 0 Å². The van der Waals surface area contributed by atoms with E-state index in [1.54, 1.807) is 11.3 Å². The highest BCUT2D eigenvalue weighted by Crippen LogP contribution is 2.27. The van der Waals surface area contributed by atoms with Crippen molar-refractivity contribution in [2.45, 2.75) is 38.5 Å². The van der Waals surface area contributed by atoms with Crippen LogP contribution < -0.4 is 5.32 Å². The van der Waals surface area contributed by atoms with E-state index in [-0.39, 0.29) is 37.9 Å². The number of piperidine rings is 1. The molecule has 1 saturated heterocycles. The van der Waals surface area contributed by atoms with Gasteiger partial charge >= 0.3 is 6.03 Å². The van der Waals surface area contributed by atoms with Crippen molar-refractivity contribution < 1.29 is 13.6 Å². The lowest BCUT2D eigenvalue weighted by Crippen LogP contribution is -2.47.